The minimum atomic E-state index is -4.45. The summed E-state index contributed by atoms with van der Waals surface area (Å²) in [6.45, 7) is 0.160. The Hall–Kier alpha value is -2.71. The van der Waals surface area contributed by atoms with Gasteiger partial charge in [0.25, 0.3) is 21.8 Å². The van der Waals surface area contributed by atoms with Gasteiger partial charge in [0.1, 0.15) is 5.75 Å². The summed E-state index contributed by atoms with van der Waals surface area (Å²) in [7, 11) is -2.90. The Morgan fingerprint density at radius 1 is 1.08 bits per heavy atom. The maximum atomic E-state index is 12.2. The van der Waals surface area contributed by atoms with Gasteiger partial charge in [-0.1, -0.05) is 12.1 Å². The Morgan fingerprint density at radius 3 is 2.33 bits per heavy atom. The molecule has 0 spiro atoms. The van der Waals surface area contributed by atoms with Gasteiger partial charge < -0.3 is 9.64 Å². The summed E-state index contributed by atoms with van der Waals surface area (Å²) in [4.78, 5) is 25.1. The smallest absolute Gasteiger partial charge is 0.299 e. The number of carbonyl (C=O) groups excluding carboxylic acids is 2. The van der Waals surface area contributed by atoms with E-state index in [9.17, 15) is 18.0 Å². The van der Waals surface area contributed by atoms with Gasteiger partial charge in [-0.25, -0.2) is 0 Å². The highest BCUT2D eigenvalue weighted by Crippen LogP contribution is 2.32. The lowest BCUT2D eigenvalue weighted by Crippen LogP contribution is -2.29. The Kier molecular flexibility index (Phi) is 3.86. The number of benzene rings is 2. The first-order valence-electron chi connectivity index (χ1n) is 6.92. The van der Waals surface area contributed by atoms with Crippen LogP contribution < -0.4 is 9.64 Å². The molecule has 2 aromatic rings. The highest BCUT2D eigenvalue weighted by atomic mass is 32.2. The van der Waals surface area contributed by atoms with E-state index in [1.54, 1.807) is 31.4 Å². The van der Waals surface area contributed by atoms with Crippen molar-refractivity contribution in [3.8, 4) is 5.75 Å². The van der Waals surface area contributed by atoms with E-state index in [1.165, 1.54) is 11.0 Å². The average Bonchev–Trinajstić information content (AvgIpc) is 2.79. The van der Waals surface area contributed by atoms with Crippen molar-refractivity contribution in [1.82, 2.24) is 0 Å². The van der Waals surface area contributed by atoms with Crippen molar-refractivity contribution >= 4 is 27.5 Å². The van der Waals surface area contributed by atoms with Crippen molar-refractivity contribution in [2.75, 3.05) is 12.0 Å². The first kappa shape index (κ1) is 16.2. The SMILES string of the molecule is COc1ccc(CN2C(=O)C(=O)c3cc(S(=O)(=O)O)ccc32)cc1. The fraction of sp³-hybridized carbons (Fsp3) is 0.125. The number of amides is 1. The molecule has 0 aliphatic carbocycles. The van der Waals surface area contributed by atoms with Crippen LogP contribution >= 0.6 is 0 Å². The Balaban J connectivity index is 1.97. The summed E-state index contributed by atoms with van der Waals surface area (Å²) < 4.78 is 36.5. The second kappa shape index (κ2) is 5.73. The number of anilines is 1. The molecule has 0 aromatic heterocycles. The number of fused-ring (bicyclic) bond motifs is 1. The van der Waals surface area contributed by atoms with Crippen LogP contribution in [0, 0.1) is 0 Å². The highest BCUT2D eigenvalue weighted by Gasteiger charge is 2.36. The van der Waals surface area contributed by atoms with Gasteiger partial charge >= 0.3 is 0 Å². The number of hydrogen-bond acceptors (Lipinski definition) is 5. The molecule has 1 N–H and O–H groups in total. The van der Waals surface area contributed by atoms with Crippen LogP contribution in [0.4, 0.5) is 5.69 Å². The lowest BCUT2D eigenvalue weighted by atomic mass is 10.1. The van der Waals surface area contributed by atoms with Gasteiger partial charge in [0.05, 0.1) is 29.8 Å². The van der Waals surface area contributed by atoms with E-state index in [0.717, 1.165) is 17.7 Å². The molecule has 1 aliphatic heterocycles. The largest absolute Gasteiger partial charge is 0.497 e. The summed E-state index contributed by atoms with van der Waals surface area (Å²) >= 11 is 0. The van der Waals surface area contributed by atoms with Crippen LogP contribution in [0.3, 0.4) is 0 Å². The molecule has 8 heteroatoms. The molecule has 1 aliphatic rings. The van der Waals surface area contributed by atoms with Gasteiger partial charge in [0, 0.05) is 0 Å². The summed E-state index contributed by atoms with van der Waals surface area (Å²) in [6, 6.07) is 10.5. The van der Waals surface area contributed by atoms with E-state index in [4.69, 9.17) is 9.29 Å². The van der Waals surface area contributed by atoms with Crippen LogP contribution in [0.15, 0.2) is 47.4 Å². The fourth-order valence-corrected chi connectivity index (χ4v) is 3.02. The van der Waals surface area contributed by atoms with Crippen LogP contribution in [0.2, 0.25) is 0 Å². The first-order chi connectivity index (χ1) is 11.3. The lowest BCUT2D eigenvalue weighted by Gasteiger charge is -2.17. The Morgan fingerprint density at radius 2 is 1.75 bits per heavy atom. The number of ether oxygens (including phenoxy) is 1. The molecule has 7 nitrogen and oxygen atoms in total. The summed E-state index contributed by atoms with van der Waals surface area (Å²) in [6.07, 6.45) is 0. The number of nitrogens with zero attached hydrogens (tertiary/aromatic N) is 1. The number of ketones is 1. The van der Waals surface area contributed by atoms with Crippen LogP contribution in [0.25, 0.3) is 0 Å². The molecule has 1 amide bonds. The van der Waals surface area contributed by atoms with E-state index in [-0.39, 0.29) is 12.1 Å². The van der Waals surface area contributed by atoms with E-state index in [0.29, 0.717) is 11.4 Å². The van der Waals surface area contributed by atoms with E-state index >= 15 is 0 Å². The molecule has 0 unspecified atom stereocenters. The van der Waals surface area contributed by atoms with Crippen LogP contribution in [0.5, 0.6) is 5.75 Å². The highest BCUT2D eigenvalue weighted by molar-refractivity contribution is 7.85. The topological polar surface area (TPSA) is 101 Å². The molecule has 1 heterocycles. The molecule has 0 fully saturated rings. The Bertz CT molecular complexity index is 934. The molecule has 0 bridgehead atoms. The van der Waals surface area contributed by atoms with Crippen molar-refractivity contribution in [1.29, 1.82) is 0 Å². The summed E-state index contributed by atoms with van der Waals surface area (Å²) in [5, 5.41) is 0. The fourth-order valence-electron chi connectivity index (χ4n) is 2.51. The maximum absolute atomic E-state index is 12.2. The van der Waals surface area contributed by atoms with Crippen molar-refractivity contribution < 1.29 is 27.3 Å². The van der Waals surface area contributed by atoms with Gasteiger partial charge in [-0.05, 0) is 35.9 Å². The number of Topliss-reactive ketones (excluding diaryl/α,β-unsaturated/α-hetero) is 1. The number of carbonyl (C=O) groups is 2. The monoisotopic (exact) mass is 347 g/mol. The zero-order valence-corrected chi connectivity index (χ0v) is 13.4. The van der Waals surface area contributed by atoms with E-state index in [2.05, 4.69) is 0 Å². The van der Waals surface area contributed by atoms with Crippen molar-refractivity contribution in [3.05, 3.63) is 53.6 Å². The zero-order chi connectivity index (χ0) is 17.5. The van der Waals surface area contributed by atoms with Crippen LogP contribution in [-0.2, 0) is 21.5 Å². The number of rotatable bonds is 4. The van der Waals surface area contributed by atoms with Gasteiger partial charge in [0.15, 0.2) is 0 Å². The van der Waals surface area contributed by atoms with Crippen molar-refractivity contribution in [2.24, 2.45) is 0 Å². The molecular formula is C16H13NO6S. The third-order valence-electron chi connectivity index (χ3n) is 3.74. The van der Waals surface area contributed by atoms with Gasteiger partial charge in [-0.3, -0.25) is 14.1 Å². The van der Waals surface area contributed by atoms with Crippen molar-refractivity contribution in [2.45, 2.75) is 11.4 Å². The zero-order valence-electron chi connectivity index (χ0n) is 12.6. The van der Waals surface area contributed by atoms with Gasteiger partial charge in [-0.15, -0.1) is 0 Å². The minimum Gasteiger partial charge on any atom is -0.497 e. The quantitative estimate of drug-likeness (QED) is 0.667. The van der Waals surface area contributed by atoms with Crippen LogP contribution in [0.1, 0.15) is 15.9 Å². The Labute approximate surface area is 138 Å². The van der Waals surface area contributed by atoms with E-state index in [1.807, 2.05) is 0 Å². The second-order valence-electron chi connectivity index (χ2n) is 5.22. The first-order valence-corrected chi connectivity index (χ1v) is 8.36. The lowest BCUT2D eigenvalue weighted by molar-refractivity contribution is -0.114. The molecule has 124 valence electrons. The van der Waals surface area contributed by atoms with Crippen LogP contribution in [-0.4, -0.2) is 31.8 Å². The van der Waals surface area contributed by atoms with E-state index < -0.39 is 26.7 Å². The maximum Gasteiger partial charge on any atom is 0.299 e. The van der Waals surface area contributed by atoms with Gasteiger partial charge in [0.2, 0.25) is 0 Å². The molecule has 0 saturated heterocycles. The third kappa shape index (κ3) is 2.77. The predicted octanol–water partition coefficient (Wildman–Crippen LogP) is 1.67. The van der Waals surface area contributed by atoms with Gasteiger partial charge in [-0.2, -0.15) is 8.42 Å². The molecule has 0 saturated carbocycles. The summed E-state index contributed by atoms with van der Waals surface area (Å²) in [5.74, 6) is -0.877. The standard InChI is InChI=1S/C16H13NO6S/c1-23-11-4-2-10(3-5-11)9-17-14-7-6-12(24(20,21)22)8-13(14)15(18)16(17)19/h2-8H,9H2,1H3,(H,20,21,22). The average molecular weight is 347 g/mol. The second-order valence-corrected chi connectivity index (χ2v) is 6.64. The molecular weight excluding hydrogens is 334 g/mol. The normalized spacial score (nSPS) is 14.0. The molecule has 0 atom stereocenters. The van der Waals surface area contributed by atoms with Crippen molar-refractivity contribution in [3.63, 3.8) is 0 Å². The number of hydrogen-bond donors (Lipinski definition) is 1. The number of methoxy groups -OCH3 is 1. The minimum absolute atomic E-state index is 0.0383. The molecule has 0 radical (unpaired) electrons. The third-order valence-corrected chi connectivity index (χ3v) is 4.59. The predicted molar refractivity (Wildman–Crippen MR) is 84.8 cm³/mol. The molecule has 3 rings (SSSR count). The molecule has 24 heavy (non-hydrogen) atoms. The summed E-state index contributed by atoms with van der Waals surface area (Å²) in [5.41, 5.74) is 1.06. The molecule has 2 aromatic carbocycles.